The summed E-state index contributed by atoms with van der Waals surface area (Å²) < 4.78 is 0. The number of aromatic nitrogens is 1. The van der Waals surface area contributed by atoms with Crippen molar-refractivity contribution < 1.29 is 9.90 Å². The first-order chi connectivity index (χ1) is 16.6. The van der Waals surface area contributed by atoms with Crippen LogP contribution in [-0.2, 0) is 13.0 Å². The molecule has 1 amide bonds. The van der Waals surface area contributed by atoms with Gasteiger partial charge in [0, 0.05) is 64.0 Å². The molecule has 2 aliphatic heterocycles. The first-order valence-corrected chi connectivity index (χ1v) is 12.6. The lowest BCUT2D eigenvalue weighted by Crippen LogP contribution is -2.44. The zero-order valence-electron chi connectivity index (χ0n) is 19.8. The Balaban J connectivity index is 1.19. The van der Waals surface area contributed by atoms with Gasteiger partial charge in [0.2, 0.25) is 0 Å². The van der Waals surface area contributed by atoms with Gasteiger partial charge < -0.3 is 26.0 Å². The Hall–Kier alpha value is -2.68. The number of aliphatic hydroxyl groups is 1. The van der Waals surface area contributed by atoms with Gasteiger partial charge in [0.25, 0.3) is 5.91 Å². The first-order valence-electron chi connectivity index (χ1n) is 12.6. The second-order valence-electron chi connectivity index (χ2n) is 9.73. The van der Waals surface area contributed by atoms with Gasteiger partial charge in [-0.25, -0.2) is 4.98 Å². The molecule has 2 fully saturated rings. The van der Waals surface area contributed by atoms with Gasteiger partial charge in [-0.05, 0) is 48.9 Å². The molecular formula is C26H36N6O2. The number of nitrogens with one attached hydrogen (secondary N) is 3. The molecule has 8 nitrogen and oxygen atoms in total. The first kappa shape index (κ1) is 23.1. The quantitative estimate of drug-likeness (QED) is 0.472. The maximum atomic E-state index is 13.0. The zero-order valence-corrected chi connectivity index (χ0v) is 19.8. The van der Waals surface area contributed by atoms with E-state index in [0.29, 0.717) is 18.2 Å². The Labute approximate surface area is 201 Å². The number of benzene rings is 1. The van der Waals surface area contributed by atoms with Crippen molar-refractivity contribution in [3.05, 3.63) is 53.1 Å². The van der Waals surface area contributed by atoms with E-state index in [4.69, 9.17) is 4.98 Å². The molecule has 4 N–H and O–H groups in total. The van der Waals surface area contributed by atoms with Crippen LogP contribution in [0.2, 0.25) is 0 Å². The fraction of sp³-hybridized carbons (Fsp3) is 0.538. The second-order valence-corrected chi connectivity index (χ2v) is 9.73. The molecule has 34 heavy (non-hydrogen) atoms. The van der Waals surface area contributed by atoms with Crippen LogP contribution in [0.25, 0.3) is 0 Å². The van der Waals surface area contributed by atoms with E-state index in [0.717, 1.165) is 70.2 Å². The van der Waals surface area contributed by atoms with Crippen LogP contribution in [0, 0.1) is 0 Å². The van der Waals surface area contributed by atoms with Crippen molar-refractivity contribution in [1.82, 2.24) is 20.5 Å². The molecule has 0 spiro atoms. The summed E-state index contributed by atoms with van der Waals surface area (Å²) in [6, 6.07) is 12.6. The molecule has 3 aliphatic rings. The third kappa shape index (κ3) is 5.68. The molecule has 2 aromatic rings. The molecule has 1 saturated carbocycles. The number of piperazine rings is 1. The summed E-state index contributed by atoms with van der Waals surface area (Å²) in [4.78, 5) is 22.3. The maximum Gasteiger partial charge on any atom is 0.251 e. The van der Waals surface area contributed by atoms with Crippen LogP contribution in [0.15, 0.2) is 36.4 Å². The van der Waals surface area contributed by atoms with Gasteiger partial charge in [0.1, 0.15) is 11.6 Å². The van der Waals surface area contributed by atoms with E-state index in [9.17, 15) is 9.90 Å². The fourth-order valence-electron chi connectivity index (χ4n) is 4.92. The molecule has 182 valence electrons. The molecule has 1 aromatic heterocycles. The predicted octanol–water partition coefficient (Wildman–Crippen LogP) is 1.60. The number of hydrogen-bond acceptors (Lipinski definition) is 7. The third-order valence-corrected chi connectivity index (χ3v) is 7.15. The minimum atomic E-state index is -0.615. The lowest BCUT2D eigenvalue weighted by Gasteiger charge is -2.31. The van der Waals surface area contributed by atoms with Gasteiger partial charge in [-0.15, -0.1) is 0 Å². The summed E-state index contributed by atoms with van der Waals surface area (Å²) in [6.07, 6.45) is 3.92. The highest BCUT2D eigenvalue weighted by molar-refractivity contribution is 5.95. The van der Waals surface area contributed by atoms with E-state index < -0.39 is 6.10 Å². The molecule has 1 aliphatic carbocycles. The number of carbonyl (C=O) groups is 1. The molecule has 5 rings (SSSR count). The van der Waals surface area contributed by atoms with E-state index >= 15 is 0 Å². The molecule has 3 heterocycles. The number of β-amino-alcohol motifs (C(OH)–C–C–N with tert-alkyl or cyclic N) is 1. The van der Waals surface area contributed by atoms with Crippen LogP contribution in [0.4, 0.5) is 11.6 Å². The van der Waals surface area contributed by atoms with Gasteiger partial charge in [0.15, 0.2) is 0 Å². The molecular weight excluding hydrogens is 428 g/mol. The Kier molecular flexibility index (Phi) is 7.27. The average molecular weight is 465 g/mol. The van der Waals surface area contributed by atoms with E-state index in [-0.39, 0.29) is 12.5 Å². The third-order valence-electron chi connectivity index (χ3n) is 7.15. The number of pyridine rings is 1. The van der Waals surface area contributed by atoms with Crippen molar-refractivity contribution in [1.29, 1.82) is 0 Å². The molecule has 1 saturated heterocycles. The van der Waals surface area contributed by atoms with E-state index in [2.05, 4.69) is 50.0 Å². The molecule has 8 heteroatoms. The van der Waals surface area contributed by atoms with Crippen molar-refractivity contribution in [2.24, 2.45) is 0 Å². The smallest absolute Gasteiger partial charge is 0.251 e. The standard InChI is InChI=1S/C26H36N6O2/c33-23(18-31-11-8-19-4-1-2-5-20(19)17-31)16-28-26(34)21-14-24(29-22-6-3-7-22)30-25(15-21)32-12-9-27-10-13-32/h1-2,4-5,14-15,22-23,27,33H,3,6-13,16-18H2,(H,28,34)(H,29,30). The van der Waals surface area contributed by atoms with Gasteiger partial charge in [-0.1, -0.05) is 24.3 Å². The lowest BCUT2D eigenvalue weighted by atomic mass is 9.93. The van der Waals surface area contributed by atoms with Crippen molar-refractivity contribution in [3.63, 3.8) is 0 Å². The Bertz CT molecular complexity index is 989. The molecule has 0 radical (unpaired) electrons. The van der Waals surface area contributed by atoms with Gasteiger partial charge in [-0.3, -0.25) is 9.69 Å². The maximum absolute atomic E-state index is 13.0. The normalized spacial score (nSPS) is 19.7. The molecule has 1 unspecified atom stereocenters. The van der Waals surface area contributed by atoms with Crippen LogP contribution in [0.1, 0.15) is 40.7 Å². The van der Waals surface area contributed by atoms with Crippen molar-refractivity contribution in [3.8, 4) is 0 Å². The van der Waals surface area contributed by atoms with E-state index in [1.165, 1.54) is 17.5 Å². The number of aliphatic hydroxyl groups excluding tert-OH is 1. The van der Waals surface area contributed by atoms with Crippen LogP contribution < -0.4 is 20.9 Å². The number of rotatable bonds is 8. The highest BCUT2D eigenvalue weighted by Crippen LogP contribution is 2.25. The summed E-state index contributed by atoms with van der Waals surface area (Å²) in [5.74, 6) is 1.43. The number of hydrogen-bond donors (Lipinski definition) is 4. The predicted molar refractivity (Wildman–Crippen MR) is 134 cm³/mol. The fourth-order valence-corrected chi connectivity index (χ4v) is 4.92. The zero-order chi connectivity index (χ0) is 23.3. The van der Waals surface area contributed by atoms with Crippen LogP contribution in [-0.4, -0.2) is 78.9 Å². The van der Waals surface area contributed by atoms with Gasteiger partial charge in [-0.2, -0.15) is 0 Å². The number of anilines is 2. The van der Waals surface area contributed by atoms with Crippen molar-refractivity contribution >= 4 is 17.5 Å². The van der Waals surface area contributed by atoms with Crippen LogP contribution in [0.5, 0.6) is 0 Å². The largest absolute Gasteiger partial charge is 0.390 e. The Morgan fingerprint density at radius 2 is 1.94 bits per heavy atom. The summed E-state index contributed by atoms with van der Waals surface area (Å²) in [5.41, 5.74) is 3.31. The van der Waals surface area contributed by atoms with Crippen LogP contribution in [0.3, 0.4) is 0 Å². The number of amides is 1. The molecule has 1 atom stereocenters. The number of fused-ring (bicyclic) bond motifs is 1. The highest BCUT2D eigenvalue weighted by Gasteiger charge is 2.22. The minimum Gasteiger partial charge on any atom is -0.390 e. The highest BCUT2D eigenvalue weighted by atomic mass is 16.3. The van der Waals surface area contributed by atoms with Gasteiger partial charge in [0.05, 0.1) is 6.10 Å². The average Bonchev–Trinajstić information content (AvgIpc) is 2.85. The summed E-state index contributed by atoms with van der Waals surface area (Å²) >= 11 is 0. The summed E-state index contributed by atoms with van der Waals surface area (Å²) in [7, 11) is 0. The summed E-state index contributed by atoms with van der Waals surface area (Å²) in [6.45, 7) is 6.12. The number of nitrogens with zero attached hydrogens (tertiary/aromatic N) is 3. The molecule has 1 aromatic carbocycles. The Morgan fingerprint density at radius 3 is 2.71 bits per heavy atom. The second kappa shape index (κ2) is 10.7. The SMILES string of the molecule is O=C(NCC(O)CN1CCc2ccccc2C1)c1cc(NC2CCC2)nc(N2CCNCC2)c1. The van der Waals surface area contributed by atoms with Gasteiger partial charge >= 0.3 is 0 Å². The van der Waals surface area contributed by atoms with Crippen molar-refractivity contribution in [2.45, 2.75) is 44.4 Å². The monoisotopic (exact) mass is 464 g/mol. The van der Waals surface area contributed by atoms with E-state index in [1.807, 2.05) is 12.1 Å². The lowest BCUT2D eigenvalue weighted by molar-refractivity contribution is 0.0842. The number of carbonyl (C=O) groups excluding carboxylic acids is 1. The molecule has 0 bridgehead atoms. The van der Waals surface area contributed by atoms with E-state index in [1.54, 1.807) is 0 Å². The minimum absolute atomic E-state index is 0.168. The van der Waals surface area contributed by atoms with Crippen LogP contribution >= 0.6 is 0 Å². The topological polar surface area (TPSA) is 92.8 Å². The van der Waals surface area contributed by atoms with Crippen molar-refractivity contribution in [2.75, 3.05) is 56.0 Å². The summed E-state index contributed by atoms with van der Waals surface area (Å²) in [5, 5.41) is 20.4. The Morgan fingerprint density at radius 1 is 1.15 bits per heavy atom.